The minimum absolute atomic E-state index is 0.110. The van der Waals surface area contributed by atoms with E-state index in [-0.39, 0.29) is 18.2 Å². The van der Waals surface area contributed by atoms with E-state index in [2.05, 4.69) is 10.4 Å². The highest BCUT2D eigenvalue weighted by molar-refractivity contribution is 6.40. The average Bonchev–Trinajstić information content (AvgIpc) is 2.74. The van der Waals surface area contributed by atoms with Crippen LogP contribution >= 0.6 is 0 Å². The number of anilines is 1. The number of carbonyl (C=O) groups excluding carboxylic acids is 2. The molecule has 0 saturated heterocycles. The van der Waals surface area contributed by atoms with E-state index in [0.717, 1.165) is 11.1 Å². The summed E-state index contributed by atoms with van der Waals surface area (Å²) in [5.41, 5.74) is 3.01. The van der Waals surface area contributed by atoms with Gasteiger partial charge in [0.25, 0.3) is 5.91 Å². The highest BCUT2D eigenvalue weighted by Gasteiger charge is 2.26. The molecule has 1 aliphatic heterocycles. The number of amides is 2. The molecule has 0 spiro atoms. The number of aryl methyl sites for hydroxylation is 1. The fraction of sp³-hybridized carbons (Fsp3) is 0.318. The van der Waals surface area contributed by atoms with Gasteiger partial charge in [0.2, 0.25) is 5.91 Å². The standard InChI is InChI=1S/C22H25N3O4/c1-15-6-4-5-7-18(15)25-21(26)11-9-17(24-25)22(27)23-13-12-16-8-10-19(28-2)20(14-16)29-3/h4-8,10,14H,9,11-13H2,1-3H3,(H,23,27). The second-order valence-corrected chi connectivity index (χ2v) is 6.73. The third-order valence-electron chi connectivity index (χ3n) is 4.79. The van der Waals surface area contributed by atoms with Crippen LogP contribution in [0.5, 0.6) is 11.5 Å². The number of ether oxygens (including phenoxy) is 2. The molecule has 7 heteroatoms. The lowest BCUT2D eigenvalue weighted by Crippen LogP contribution is -2.39. The maximum absolute atomic E-state index is 12.6. The van der Waals surface area contributed by atoms with Gasteiger partial charge in [0, 0.05) is 19.4 Å². The van der Waals surface area contributed by atoms with Gasteiger partial charge in [-0.15, -0.1) is 0 Å². The Hall–Kier alpha value is -3.35. The number of rotatable bonds is 7. The van der Waals surface area contributed by atoms with E-state index in [9.17, 15) is 9.59 Å². The van der Waals surface area contributed by atoms with E-state index in [0.29, 0.717) is 42.3 Å². The molecule has 1 N–H and O–H groups in total. The summed E-state index contributed by atoms with van der Waals surface area (Å²) in [6.45, 7) is 2.36. The van der Waals surface area contributed by atoms with Crippen LogP contribution in [0.2, 0.25) is 0 Å². The predicted octanol–water partition coefficient (Wildman–Crippen LogP) is 2.85. The summed E-state index contributed by atoms with van der Waals surface area (Å²) in [4.78, 5) is 24.8. The molecule has 2 amide bonds. The average molecular weight is 395 g/mol. The number of hydrogen-bond acceptors (Lipinski definition) is 5. The third kappa shape index (κ3) is 4.74. The van der Waals surface area contributed by atoms with Gasteiger partial charge < -0.3 is 14.8 Å². The first-order chi connectivity index (χ1) is 14.0. The number of benzene rings is 2. The minimum Gasteiger partial charge on any atom is -0.493 e. The SMILES string of the molecule is COc1ccc(CCNC(=O)C2=NN(c3ccccc3C)C(=O)CC2)cc1OC. The molecule has 1 aliphatic rings. The quantitative estimate of drug-likeness (QED) is 0.782. The zero-order valence-electron chi connectivity index (χ0n) is 16.9. The number of hydrazone groups is 1. The van der Waals surface area contributed by atoms with Crippen molar-refractivity contribution in [3.05, 3.63) is 53.6 Å². The van der Waals surface area contributed by atoms with E-state index in [1.807, 2.05) is 49.4 Å². The fourth-order valence-corrected chi connectivity index (χ4v) is 3.16. The van der Waals surface area contributed by atoms with Crippen molar-refractivity contribution in [3.8, 4) is 11.5 Å². The maximum atomic E-state index is 12.6. The number of carbonyl (C=O) groups is 2. The number of hydrogen-bond donors (Lipinski definition) is 1. The molecule has 0 radical (unpaired) electrons. The molecule has 1 heterocycles. The summed E-state index contributed by atoms with van der Waals surface area (Å²) in [5.74, 6) is 0.955. The maximum Gasteiger partial charge on any atom is 0.267 e. The smallest absolute Gasteiger partial charge is 0.267 e. The first-order valence-electron chi connectivity index (χ1n) is 9.48. The molecule has 3 rings (SSSR count). The molecule has 0 atom stereocenters. The van der Waals surface area contributed by atoms with E-state index in [1.54, 1.807) is 14.2 Å². The molecule has 152 valence electrons. The Morgan fingerprint density at radius 2 is 1.86 bits per heavy atom. The van der Waals surface area contributed by atoms with Crippen LogP contribution in [-0.2, 0) is 16.0 Å². The summed E-state index contributed by atoms with van der Waals surface area (Å²) >= 11 is 0. The van der Waals surface area contributed by atoms with Crippen LogP contribution in [0.15, 0.2) is 47.6 Å². The van der Waals surface area contributed by atoms with Crippen molar-refractivity contribution in [2.45, 2.75) is 26.2 Å². The van der Waals surface area contributed by atoms with Gasteiger partial charge in [-0.3, -0.25) is 9.59 Å². The Balaban J connectivity index is 1.64. The van der Waals surface area contributed by atoms with E-state index >= 15 is 0 Å². The Kier molecular flexibility index (Phi) is 6.49. The Bertz CT molecular complexity index is 939. The number of nitrogens with one attached hydrogen (secondary N) is 1. The molecule has 0 saturated carbocycles. The van der Waals surface area contributed by atoms with Crippen molar-refractivity contribution < 1.29 is 19.1 Å². The summed E-state index contributed by atoms with van der Waals surface area (Å²) in [6.07, 6.45) is 1.24. The number of methoxy groups -OCH3 is 2. The monoisotopic (exact) mass is 395 g/mol. The van der Waals surface area contributed by atoms with Gasteiger partial charge >= 0.3 is 0 Å². The Labute approximate surface area is 170 Å². The Morgan fingerprint density at radius 1 is 1.10 bits per heavy atom. The third-order valence-corrected chi connectivity index (χ3v) is 4.79. The van der Waals surface area contributed by atoms with Crippen LogP contribution in [0.25, 0.3) is 0 Å². The van der Waals surface area contributed by atoms with Gasteiger partial charge in [0.1, 0.15) is 5.71 Å². The molecule has 29 heavy (non-hydrogen) atoms. The molecule has 0 bridgehead atoms. The highest BCUT2D eigenvalue weighted by Crippen LogP contribution is 2.27. The molecule has 0 fully saturated rings. The van der Waals surface area contributed by atoms with E-state index in [4.69, 9.17) is 9.47 Å². The van der Waals surface area contributed by atoms with Gasteiger partial charge in [-0.2, -0.15) is 5.10 Å². The van der Waals surface area contributed by atoms with Crippen LogP contribution in [0.3, 0.4) is 0 Å². The summed E-state index contributed by atoms with van der Waals surface area (Å²) < 4.78 is 10.5. The molecule has 0 aromatic heterocycles. The number of para-hydroxylation sites is 1. The van der Waals surface area contributed by atoms with Gasteiger partial charge in [-0.1, -0.05) is 24.3 Å². The lowest BCUT2D eigenvalue weighted by atomic mass is 10.1. The second kappa shape index (κ2) is 9.23. The van der Waals surface area contributed by atoms with Gasteiger partial charge in [0.15, 0.2) is 11.5 Å². The van der Waals surface area contributed by atoms with Crippen molar-refractivity contribution in [1.29, 1.82) is 0 Å². The van der Waals surface area contributed by atoms with Crippen LogP contribution in [0, 0.1) is 6.92 Å². The van der Waals surface area contributed by atoms with Gasteiger partial charge in [0.05, 0.1) is 19.9 Å². The molecule has 0 aliphatic carbocycles. The summed E-state index contributed by atoms with van der Waals surface area (Å²) in [7, 11) is 3.18. The predicted molar refractivity (Wildman–Crippen MR) is 112 cm³/mol. The fourth-order valence-electron chi connectivity index (χ4n) is 3.16. The van der Waals surface area contributed by atoms with Crippen molar-refractivity contribution in [1.82, 2.24) is 5.32 Å². The van der Waals surface area contributed by atoms with Gasteiger partial charge in [-0.05, 0) is 42.7 Å². The normalized spacial score (nSPS) is 13.7. The van der Waals surface area contributed by atoms with Crippen LogP contribution in [-0.4, -0.2) is 38.3 Å². The van der Waals surface area contributed by atoms with Crippen molar-refractivity contribution >= 4 is 23.2 Å². The zero-order valence-corrected chi connectivity index (χ0v) is 16.9. The van der Waals surface area contributed by atoms with Crippen molar-refractivity contribution in [2.24, 2.45) is 5.10 Å². The molecular weight excluding hydrogens is 370 g/mol. The summed E-state index contributed by atoms with van der Waals surface area (Å²) in [6, 6.07) is 13.2. The number of nitrogens with zero attached hydrogens (tertiary/aromatic N) is 2. The molecule has 0 unspecified atom stereocenters. The van der Waals surface area contributed by atoms with Crippen molar-refractivity contribution in [3.63, 3.8) is 0 Å². The lowest BCUT2D eigenvalue weighted by molar-refractivity contribution is -0.118. The highest BCUT2D eigenvalue weighted by atomic mass is 16.5. The first-order valence-corrected chi connectivity index (χ1v) is 9.48. The molecule has 2 aromatic rings. The summed E-state index contributed by atoms with van der Waals surface area (Å²) in [5, 5.41) is 8.55. The molecule has 2 aromatic carbocycles. The van der Waals surface area contributed by atoms with E-state index in [1.165, 1.54) is 5.01 Å². The first kappa shape index (κ1) is 20.4. The van der Waals surface area contributed by atoms with Gasteiger partial charge in [-0.25, -0.2) is 5.01 Å². The largest absolute Gasteiger partial charge is 0.493 e. The topological polar surface area (TPSA) is 80.2 Å². The van der Waals surface area contributed by atoms with Crippen LogP contribution < -0.4 is 19.8 Å². The lowest BCUT2D eigenvalue weighted by Gasteiger charge is -2.24. The Morgan fingerprint density at radius 3 is 2.59 bits per heavy atom. The van der Waals surface area contributed by atoms with Crippen LogP contribution in [0.1, 0.15) is 24.0 Å². The van der Waals surface area contributed by atoms with Crippen LogP contribution in [0.4, 0.5) is 5.69 Å². The molecular formula is C22H25N3O4. The second-order valence-electron chi connectivity index (χ2n) is 6.73. The van der Waals surface area contributed by atoms with E-state index < -0.39 is 0 Å². The molecule has 7 nitrogen and oxygen atoms in total. The minimum atomic E-state index is -0.253. The van der Waals surface area contributed by atoms with Crippen molar-refractivity contribution in [2.75, 3.05) is 25.8 Å². The zero-order chi connectivity index (χ0) is 20.8.